The molecule has 0 aromatic rings. The van der Waals surface area contributed by atoms with Gasteiger partial charge in [-0.05, 0) is 80.0 Å². The van der Waals surface area contributed by atoms with E-state index >= 15 is 0 Å². The number of nitriles is 1. The number of nitrogens with zero attached hydrogens (tertiary/aromatic N) is 1. The molecule has 0 amide bonds. The highest BCUT2D eigenvalue weighted by atomic mass is 16.4. The Bertz CT molecular complexity index is 671. The van der Waals surface area contributed by atoms with E-state index in [0.29, 0.717) is 18.3 Å². The number of carboxylic acids is 1. The lowest BCUT2D eigenvalue weighted by atomic mass is 9.54. The minimum Gasteiger partial charge on any atom is -0.481 e. The summed E-state index contributed by atoms with van der Waals surface area (Å²) in [4.78, 5) is 11.8. The first kappa shape index (κ1) is 24.7. The molecule has 2 unspecified atom stereocenters. The molecule has 3 heteroatoms. The van der Waals surface area contributed by atoms with Gasteiger partial charge in [-0.2, -0.15) is 5.26 Å². The molecule has 0 heterocycles. The first-order valence-electron chi connectivity index (χ1n) is 12.1. The fourth-order valence-electron chi connectivity index (χ4n) is 6.89. The van der Waals surface area contributed by atoms with Crippen LogP contribution < -0.4 is 0 Å². The van der Waals surface area contributed by atoms with Crippen LogP contribution in [0.15, 0.2) is 23.8 Å². The summed E-state index contributed by atoms with van der Waals surface area (Å²) in [5.41, 5.74) is 1.61. The van der Waals surface area contributed by atoms with Crippen molar-refractivity contribution < 1.29 is 9.90 Å². The topological polar surface area (TPSA) is 61.1 Å². The summed E-state index contributed by atoms with van der Waals surface area (Å²) in [6.07, 6.45) is 15.4. The highest BCUT2D eigenvalue weighted by molar-refractivity contribution is 5.67. The molecular formula is C27H43NO2. The lowest BCUT2D eigenvalue weighted by Crippen LogP contribution is -2.43. The van der Waals surface area contributed by atoms with Crippen LogP contribution in [0.3, 0.4) is 0 Å². The Hall–Kier alpha value is -1.56. The third kappa shape index (κ3) is 5.99. The van der Waals surface area contributed by atoms with Gasteiger partial charge in [0, 0.05) is 12.5 Å². The zero-order valence-corrected chi connectivity index (χ0v) is 19.9. The molecule has 3 nitrogen and oxygen atoms in total. The van der Waals surface area contributed by atoms with Crippen molar-refractivity contribution in [3.05, 3.63) is 23.8 Å². The van der Waals surface area contributed by atoms with E-state index in [-0.39, 0.29) is 11.3 Å². The van der Waals surface area contributed by atoms with E-state index < -0.39 is 5.97 Å². The van der Waals surface area contributed by atoms with Gasteiger partial charge in [-0.15, -0.1) is 0 Å². The van der Waals surface area contributed by atoms with E-state index in [0.717, 1.165) is 30.6 Å². The number of rotatable bonds is 10. The van der Waals surface area contributed by atoms with Crippen LogP contribution in [0.2, 0.25) is 0 Å². The van der Waals surface area contributed by atoms with E-state index in [1.54, 1.807) is 0 Å². The number of carboxylic acid groups (broad SMARTS) is 1. The maximum absolute atomic E-state index is 11.8. The van der Waals surface area contributed by atoms with Gasteiger partial charge in [0.2, 0.25) is 0 Å². The molecule has 0 aromatic heterocycles. The lowest BCUT2D eigenvalue weighted by Gasteiger charge is -2.50. The van der Waals surface area contributed by atoms with Gasteiger partial charge in [-0.1, -0.05) is 64.7 Å². The van der Waals surface area contributed by atoms with Gasteiger partial charge in [-0.25, -0.2) is 0 Å². The van der Waals surface area contributed by atoms with Gasteiger partial charge in [0.05, 0.1) is 6.07 Å². The average molecular weight is 414 g/mol. The molecule has 6 atom stereocenters. The highest BCUT2D eigenvalue weighted by Crippen LogP contribution is 2.62. The van der Waals surface area contributed by atoms with Crippen molar-refractivity contribution in [2.45, 2.75) is 92.4 Å². The summed E-state index contributed by atoms with van der Waals surface area (Å²) in [5, 5.41) is 18.4. The predicted molar refractivity (Wildman–Crippen MR) is 124 cm³/mol. The van der Waals surface area contributed by atoms with Crippen LogP contribution >= 0.6 is 0 Å². The smallest absolute Gasteiger partial charge is 0.303 e. The first-order valence-corrected chi connectivity index (χ1v) is 12.1. The number of hydrogen-bond donors (Lipinski definition) is 1. The Morgan fingerprint density at radius 1 is 1.23 bits per heavy atom. The highest BCUT2D eigenvalue weighted by Gasteiger charge is 2.55. The Balaban J connectivity index is 2.16. The molecule has 0 saturated heterocycles. The molecule has 30 heavy (non-hydrogen) atoms. The number of allylic oxidation sites excluding steroid dienone is 4. The van der Waals surface area contributed by atoms with E-state index in [4.69, 9.17) is 5.26 Å². The number of aliphatic carboxylic acids is 1. The summed E-state index contributed by atoms with van der Waals surface area (Å²) in [5.74, 6) is 2.71. The first-order chi connectivity index (χ1) is 14.2. The number of fused-ring (bicyclic) bond motifs is 1. The van der Waals surface area contributed by atoms with E-state index in [1.807, 2.05) is 12.1 Å². The second kappa shape index (κ2) is 11.2. The van der Waals surface area contributed by atoms with Crippen LogP contribution in [-0.4, -0.2) is 11.1 Å². The van der Waals surface area contributed by atoms with Crippen molar-refractivity contribution >= 4 is 5.97 Å². The number of hydrogen-bond acceptors (Lipinski definition) is 2. The summed E-state index contributed by atoms with van der Waals surface area (Å²) < 4.78 is 0. The molecule has 2 aliphatic carbocycles. The van der Waals surface area contributed by atoms with Crippen molar-refractivity contribution in [3.63, 3.8) is 0 Å². The SMILES string of the molecule is CC(=CCC=CC#N)[C@H]1CC[C@@]2(C)C(CC[C@@H]2C(C)CCCC(C)C)[C@@H]1CC(=O)O. The predicted octanol–water partition coefficient (Wildman–Crippen LogP) is 7.40. The molecule has 0 aliphatic heterocycles. The molecule has 0 radical (unpaired) electrons. The zero-order chi connectivity index (χ0) is 22.3. The van der Waals surface area contributed by atoms with Crippen LogP contribution in [0.1, 0.15) is 92.4 Å². The molecule has 2 rings (SSSR count). The Kier molecular flexibility index (Phi) is 9.20. The van der Waals surface area contributed by atoms with Gasteiger partial charge in [0.15, 0.2) is 0 Å². The summed E-state index contributed by atoms with van der Waals surface area (Å²) in [6.45, 7) is 11.7. The molecule has 168 valence electrons. The quantitative estimate of drug-likeness (QED) is 0.300. The summed E-state index contributed by atoms with van der Waals surface area (Å²) in [6, 6.07) is 2.04. The lowest BCUT2D eigenvalue weighted by molar-refractivity contribution is -0.140. The van der Waals surface area contributed by atoms with E-state index in [1.165, 1.54) is 50.2 Å². The van der Waals surface area contributed by atoms with Crippen LogP contribution in [0, 0.1) is 52.3 Å². The molecule has 2 aliphatic rings. The van der Waals surface area contributed by atoms with Crippen molar-refractivity contribution in [1.82, 2.24) is 0 Å². The second-order valence-corrected chi connectivity index (χ2v) is 10.7. The van der Waals surface area contributed by atoms with Crippen molar-refractivity contribution in [3.8, 4) is 6.07 Å². The minimum absolute atomic E-state index is 0.241. The Labute approximate surface area is 184 Å². The monoisotopic (exact) mass is 413 g/mol. The largest absolute Gasteiger partial charge is 0.481 e. The molecule has 0 spiro atoms. The minimum atomic E-state index is -0.653. The third-order valence-corrected chi connectivity index (χ3v) is 8.40. The van der Waals surface area contributed by atoms with Crippen LogP contribution in [0.25, 0.3) is 0 Å². The summed E-state index contributed by atoms with van der Waals surface area (Å²) >= 11 is 0. The van der Waals surface area contributed by atoms with E-state index in [9.17, 15) is 9.90 Å². The van der Waals surface area contributed by atoms with Gasteiger partial charge in [-0.3, -0.25) is 4.79 Å². The maximum Gasteiger partial charge on any atom is 0.303 e. The third-order valence-electron chi connectivity index (χ3n) is 8.40. The number of carbonyl (C=O) groups is 1. The van der Waals surface area contributed by atoms with Gasteiger partial charge >= 0.3 is 5.97 Å². The molecule has 0 bridgehead atoms. The molecular weight excluding hydrogens is 370 g/mol. The molecule has 2 saturated carbocycles. The fourth-order valence-corrected chi connectivity index (χ4v) is 6.89. The van der Waals surface area contributed by atoms with E-state index in [2.05, 4.69) is 40.7 Å². The van der Waals surface area contributed by atoms with Crippen molar-refractivity contribution in [2.24, 2.45) is 40.9 Å². The van der Waals surface area contributed by atoms with Crippen molar-refractivity contribution in [2.75, 3.05) is 0 Å². The average Bonchev–Trinajstić information content (AvgIpc) is 3.02. The van der Waals surface area contributed by atoms with Crippen LogP contribution in [0.5, 0.6) is 0 Å². The molecule has 0 aromatic carbocycles. The Morgan fingerprint density at radius 3 is 2.60 bits per heavy atom. The van der Waals surface area contributed by atoms with Crippen LogP contribution in [0.4, 0.5) is 0 Å². The van der Waals surface area contributed by atoms with Gasteiger partial charge < -0.3 is 5.11 Å². The zero-order valence-electron chi connectivity index (χ0n) is 19.9. The van der Waals surface area contributed by atoms with Gasteiger partial charge in [0.25, 0.3) is 0 Å². The Morgan fingerprint density at radius 2 is 1.97 bits per heavy atom. The molecule has 2 fully saturated rings. The normalized spacial score (nSPS) is 32.9. The molecule has 1 N–H and O–H groups in total. The van der Waals surface area contributed by atoms with Crippen molar-refractivity contribution in [1.29, 1.82) is 5.26 Å². The standard InChI is InChI=1S/C27H43NO2/c1-19(2)10-9-12-21(4)24-13-14-25-23(18-26(29)30)22(15-16-27(24,25)5)20(3)11-7-6-8-17-28/h6,8,11,19,21-25H,7,9-10,12-16,18H2,1-5H3,(H,29,30)/t21?,22-,23-,24-,25?,27-/m1/s1. The van der Waals surface area contributed by atoms with Gasteiger partial charge in [0.1, 0.15) is 0 Å². The van der Waals surface area contributed by atoms with Crippen LogP contribution in [-0.2, 0) is 4.79 Å². The summed E-state index contributed by atoms with van der Waals surface area (Å²) in [7, 11) is 0. The fraction of sp³-hybridized carbons (Fsp3) is 0.778. The maximum atomic E-state index is 11.8. The second-order valence-electron chi connectivity index (χ2n) is 10.7.